The monoisotopic (exact) mass is 470 g/mol. The molecular weight excluding hydrogens is 447 g/mol. The van der Waals surface area contributed by atoms with Crippen LogP contribution < -0.4 is 14.8 Å². The number of hydrogen-bond acceptors (Lipinski definition) is 6. The Bertz CT molecular complexity index is 1160. The number of benzene rings is 2. The number of hydrogen-bond donors (Lipinski definition) is 1. The van der Waals surface area contributed by atoms with Crippen LogP contribution in [0.1, 0.15) is 12.8 Å². The number of piperidine rings is 1. The van der Waals surface area contributed by atoms with Crippen LogP contribution in [0.3, 0.4) is 0 Å². The molecule has 0 atom stereocenters. The average molecular weight is 471 g/mol. The van der Waals surface area contributed by atoms with Gasteiger partial charge in [0.25, 0.3) is 0 Å². The maximum Gasteiger partial charge on any atom is 0.162 e. The van der Waals surface area contributed by atoms with Gasteiger partial charge in [-0.2, -0.15) is 0 Å². The lowest BCUT2D eigenvalue weighted by Gasteiger charge is -2.34. The molecular formula is C24H24Cl2N4O2. The zero-order chi connectivity index (χ0) is 22.7. The van der Waals surface area contributed by atoms with E-state index in [0.717, 1.165) is 48.2 Å². The summed E-state index contributed by atoms with van der Waals surface area (Å²) in [4.78, 5) is 11.0. The molecule has 1 N–H and O–H groups in total. The predicted molar refractivity (Wildman–Crippen MR) is 130 cm³/mol. The number of anilines is 2. The van der Waals surface area contributed by atoms with Crippen molar-refractivity contribution in [3.8, 4) is 11.5 Å². The van der Waals surface area contributed by atoms with Gasteiger partial charge in [-0.3, -0.25) is 0 Å². The summed E-state index contributed by atoms with van der Waals surface area (Å²) >= 11 is 12.2. The summed E-state index contributed by atoms with van der Waals surface area (Å²) in [6.07, 6.45) is 5.13. The number of aromatic nitrogens is 2. The molecule has 0 radical (unpaired) electrons. The second-order valence-corrected chi connectivity index (χ2v) is 8.31. The number of nitrogens with zero attached hydrogens (tertiary/aromatic N) is 3. The second-order valence-electron chi connectivity index (χ2n) is 7.50. The number of methoxy groups -OCH3 is 1. The summed E-state index contributed by atoms with van der Waals surface area (Å²) < 4.78 is 11.9. The minimum absolute atomic E-state index is 0.0753. The van der Waals surface area contributed by atoms with Gasteiger partial charge in [-0.25, -0.2) is 9.97 Å². The molecule has 4 rings (SSSR count). The average Bonchev–Trinajstić information content (AvgIpc) is 2.81. The molecule has 1 aliphatic rings. The third-order valence-corrected chi connectivity index (χ3v) is 6.22. The summed E-state index contributed by atoms with van der Waals surface area (Å²) in [5.74, 6) is 1.93. The van der Waals surface area contributed by atoms with Crippen molar-refractivity contribution in [2.75, 3.05) is 25.5 Å². The highest BCUT2D eigenvalue weighted by Gasteiger charge is 2.22. The van der Waals surface area contributed by atoms with Crippen molar-refractivity contribution in [2.24, 2.45) is 0 Å². The Hall–Kier alpha value is -2.96. The Morgan fingerprint density at radius 1 is 1.12 bits per heavy atom. The third kappa shape index (κ3) is 4.76. The number of likely N-dealkylation sites (tertiary alicyclic amines) is 1. The van der Waals surface area contributed by atoms with Crippen molar-refractivity contribution in [1.82, 2.24) is 14.9 Å². The highest BCUT2D eigenvalue weighted by molar-refractivity contribution is 6.42. The van der Waals surface area contributed by atoms with Crippen LogP contribution in [0, 0.1) is 0 Å². The van der Waals surface area contributed by atoms with Gasteiger partial charge in [0.1, 0.15) is 18.2 Å². The zero-order valence-corrected chi connectivity index (χ0v) is 19.3. The molecule has 166 valence electrons. The zero-order valence-electron chi connectivity index (χ0n) is 17.8. The smallest absolute Gasteiger partial charge is 0.162 e. The topological polar surface area (TPSA) is 59.5 Å². The van der Waals surface area contributed by atoms with E-state index in [1.165, 1.54) is 6.33 Å². The summed E-state index contributed by atoms with van der Waals surface area (Å²) in [5, 5.41) is 5.06. The fourth-order valence-electron chi connectivity index (χ4n) is 3.70. The number of fused-ring (bicyclic) bond motifs is 1. The van der Waals surface area contributed by atoms with Crippen LogP contribution in [0.4, 0.5) is 11.5 Å². The molecule has 1 saturated heterocycles. The van der Waals surface area contributed by atoms with Gasteiger partial charge < -0.3 is 19.7 Å². The molecule has 3 aromatic rings. The van der Waals surface area contributed by atoms with Crippen LogP contribution in [-0.4, -0.2) is 41.2 Å². The first-order valence-electron chi connectivity index (χ1n) is 10.3. The van der Waals surface area contributed by atoms with Gasteiger partial charge in [-0.1, -0.05) is 36.4 Å². The molecule has 1 fully saturated rings. The summed E-state index contributed by atoms with van der Waals surface area (Å²) in [6.45, 7) is 9.58. The first-order valence-corrected chi connectivity index (χ1v) is 11.0. The molecule has 1 aliphatic heterocycles. The molecule has 2 aromatic carbocycles. The fourth-order valence-corrected chi connectivity index (χ4v) is 3.99. The van der Waals surface area contributed by atoms with Crippen LogP contribution in [0.15, 0.2) is 61.6 Å². The van der Waals surface area contributed by atoms with Crippen molar-refractivity contribution in [3.05, 3.63) is 71.6 Å². The van der Waals surface area contributed by atoms with Gasteiger partial charge in [0.05, 0.1) is 22.7 Å². The van der Waals surface area contributed by atoms with E-state index in [-0.39, 0.29) is 6.10 Å². The molecule has 1 aromatic heterocycles. The normalized spacial score (nSPS) is 14.3. The van der Waals surface area contributed by atoms with Crippen LogP contribution in [0.25, 0.3) is 10.9 Å². The molecule has 0 amide bonds. The number of nitrogens with one attached hydrogen (secondary N) is 1. The Morgan fingerprint density at radius 2 is 1.91 bits per heavy atom. The van der Waals surface area contributed by atoms with Crippen LogP contribution in [0.2, 0.25) is 10.0 Å². The molecule has 32 heavy (non-hydrogen) atoms. The second kappa shape index (κ2) is 9.67. The Labute approximate surface area is 197 Å². The highest BCUT2D eigenvalue weighted by Crippen LogP contribution is 2.37. The first-order chi connectivity index (χ1) is 15.5. The van der Waals surface area contributed by atoms with Gasteiger partial charge >= 0.3 is 0 Å². The van der Waals surface area contributed by atoms with E-state index >= 15 is 0 Å². The maximum atomic E-state index is 6.36. The lowest BCUT2D eigenvalue weighted by atomic mass is 10.1. The predicted octanol–water partition coefficient (Wildman–Crippen LogP) is 6.23. The van der Waals surface area contributed by atoms with Crippen LogP contribution in [0.5, 0.6) is 11.5 Å². The van der Waals surface area contributed by atoms with Gasteiger partial charge in [0.2, 0.25) is 0 Å². The minimum Gasteiger partial charge on any atom is -0.493 e. The van der Waals surface area contributed by atoms with E-state index in [1.54, 1.807) is 25.3 Å². The first kappa shape index (κ1) is 22.2. The standard InChI is InChI=1S/C24H24Cl2N4O2/c1-4-15(2)30-9-7-17(8-10-30)32-23-12-18-21(13-22(23)31-3)27-14-28-24(18)29-16-5-6-19(25)20(26)11-16/h4-6,11-14,17H,1-2,7-10H2,3H3,(H,27,28,29). The van der Waals surface area contributed by atoms with Crippen molar-refractivity contribution < 1.29 is 9.47 Å². The van der Waals surface area contributed by atoms with Crippen LogP contribution >= 0.6 is 23.2 Å². The van der Waals surface area contributed by atoms with Crippen molar-refractivity contribution in [3.63, 3.8) is 0 Å². The van der Waals surface area contributed by atoms with E-state index in [1.807, 2.05) is 18.2 Å². The molecule has 0 aliphatic carbocycles. The van der Waals surface area contributed by atoms with Crippen molar-refractivity contribution >= 4 is 45.6 Å². The van der Waals surface area contributed by atoms with Gasteiger partial charge in [-0.05, 0) is 30.3 Å². The molecule has 0 unspecified atom stereocenters. The summed E-state index contributed by atoms with van der Waals surface area (Å²) in [5.41, 5.74) is 2.46. The van der Waals surface area contributed by atoms with E-state index < -0.39 is 0 Å². The lowest BCUT2D eigenvalue weighted by molar-refractivity contribution is 0.116. The Balaban J connectivity index is 1.60. The molecule has 0 bridgehead atoms. The maximum absolute atomic E-state index is 6.36. The minimum atomic E-state index is 0.0753. The highest BCUT2D eigenvalue weighted by atomic mass is 35.5. The van der Waals surface area contributed by atoms with E-state index in [2.05, 4.69) is 33.3 Å². The van der Waals surface area contributed by atoms with Crippen molar-refractivity contribution in [1.29, 1.82) is 0 Å². The number of halogens is 2. The SMILES string of the molecule is C=CC(=C)N1CCC(Oc2cc3c(Nc4ccc(Cl)c(Cl)c4)ncnc3cc2OC)CC1. The molecule has 0 saturated carbocycles. The Kier molecular flexibility index (Phi) is 6.72. The molecule has 0 spiro atoms. The van der Waals surface area contributed by atoms with Gasteiger partial charge in [-0.15, -0.1) is 0 Å². The largest absolute Gasteiger partial charge is 0.493 e. The number of allylic oxidation sites excluding steroid dienone is 1. The number of rotatable bonds is 7. The van der Waals surface area contributed by atoms with E-state index in [9.17, 15) is 0 Å². The fraction of sp³-hybridized carbons (Fsp3) is 0.250. The molecule has 2 heterocycles. The van der Waals surface area contributed by atoms with E-state index in [0.29, 0.717) is 27.4 Å². The summed E-state index contributed by atoms with van der Waals surface area (Å²) in [6, 6.07) is 9.11. The van der Waals surface area contributed by atoms with Gasteiger partial charge in [0, 0.05) is 48.8 Å². The third-order valence-electron chi connectivity index (χ3n) is 5.48. The van der Waals surface area contributed by atoms with Crippen LogP contribution in [-0.2, 0) is 0 Å². The van der Waals surface area contributed by atoms with Crippen molar-refractivity contribution in [2.45, 2.75) is 18.9 Å². The summed E-state index contributed by atoms with van der Waals surface area (Å²) in [7, 11) is 1.63. The quantitative estimate of drug-likeness (QED) is 0.412. The molecule has 8 heteroatoms. The van der Waals surface area contributed by atoms with E-state index in [4.69, 9.17) is 32.7 Å². The Morgan fingerprint density at radius 3 is 2.59 bits per heavy atom. The number of ether oxygens (including phenoxy) is 2. The molecule has 6 nitrogen and oxygen atoms in total. The lowest BCUT2D eigenvalue weighted by Crippen LogP contribution is -2.37. The van der Waals surface area contributed by atoms with Gasteiger partial charge in [0.15, 0.2) is 11.5 Å².